The largest absolute Gasteiger partial charge is 0.508 e. The average Bonchev–Trinajstić information content (AvgIpc) is 2.49. The van der Waals surface area contributed by atoms with E-state index in [0.29, 0.717) is 11.1 Å². The topological polar surface area (TPSA) is 93.6 Å². The molecule has 1 aromatic heterocycles. The minimum Gasteiger partial charge on any atom is -0.508 e. The van der Waals surface area contributed by atoms with Crippen LogP contribution in [0, 0.1) is 6.92 Å². The van der Waals surface area contributed by atoms with Gasteiger partial charge in [0.2, 0.25) is 17.7 Å². The molecule has 2 rings (SSSR count). The number of aromatic hydroxyl groups is 1. The van der Waals surface area contributed by atoms with Crippen LogP contribution < -0.4 is 14.8 Å². The molecule has 0 atom stereocenters. The molecule has 0 saturated carbocycles. The molecule has 0 aliphatic rings. The number of rotatable bonds is 4. The predicted molar refractivity (Wildman–Crippen MR) is 75.9 cm³/mol. The maximum Gasteiger partial charge on any atom is 0.258 e. The number of aromatic nitrogens is 2. The molecule has 0 unspecified atom stereocenters. The van der Waals surface area contributed by atoms with Crippen molar-refractivity contribution in [2.45, 2.75) is 6.92 Å². The Bertz CT molecular complexity index is 651. The van der Waals surface area contributed by atoms with Crippen LogP contribution in [0.2, 0.25) is 0 Å². The van der Waals surface area contributed by atoms with Crippen LogP contribution in [-0.4, -0.2) is 35.2 Å². The Morgan fingerprint density at radius 1 is 1.14 bits per heavy atom. The number of amides is 1. The van der Waals surface area contributed by atoms with Crippen molar-refractivity contribution in [1.82, 2.24) is 9.97 Å². The normalized spacial score (nSPS) is 10.0. The molecule has 1 heterocycles. The van der Waals surface area contributed by atoms with Gasteiger partial charge in [0.25, 0.3) is 5.91 Å². The van der Waals surface area contributed by atoms with Gasteiger partial charge in [-0.1, -0.05) is 6.07 Å². The summed E-state index contributed by atoms with van der Waals surface area (Å²) in [6, 6.07) is 6.12. The summed E-state index contributed by atoms with van der Waals surface area (Å²) in [5.41, 5.74) is 0.981. The Labute approximate surface area is 121 Å². The van der Waals surface area contributed by atoms with Crippen LogP contribution in [0.25, 0.3) is 0 Å². The fourth-order valence-electron chi connectivity index (χ4n) is 1.59. The van der Waals surface area contributed by atoms with Crippen molar-refractivity contribution in [1.29, 1.82) is 0 Å². The first-order valence-electron chi connectivity index (χ1n) is 6.11. The van der Waals surface area contributed by atoms with Crippen LogP contribution in [0.5, 0.6) is 17.5 Å². The molecule has 7 heteroatoms. The molecule has 0 fully saturated rings. The number of methoxy groups -OCH3 is 2. The van der Waals surface area contributed by atoms with E-state index in [2.05, 4.69) is 15.3 Å². The van der Waals surface area contributed by atoms with Gasteiger partial charge in [-0.15, -0.1) is 0 Å². The second-order valence-corrected chi connectivity index (χ2v) is 4.23. The molecule has 1 aromatic carbocycles. The summed E-state index contributed by atoms with van der Waals surface area (Å²) < 4.78 is 9.99. The Hall–Kier alpha value is -2.83. The van der Waals surface area contributed by atoms with Gasteiger partial charge in [-0.3, -0.25) is 10.1 Å². The highest BCUT2D eigenvalue weighted by molar-refractivity contribution is 6.03. The second kappa shape index (κ2) is 6.08. The third-order valence-electron chi connectivity index (χ3n) is 2.79. The van der Waals surface area contributed by atoms with Crippen molar-refractivity contribution in [2.24, 2.45) is 0 Å². The lowest BCUT2D eigenvalue weighted by Crippen LogP contribution is -2.14. The Morgan fingerprint density at radius 2 is 1.76 bits per heavy atom. The molecule has 7 nitrogen and oxygen atoms in total. The first kappa shape index (κ1) is 14.6. The Morgan fingerprint density at radius 3 is 2.29 bits per heavy atom. The lowest BCUT2D eigenvalue weighted by Gasteiger charge is -2.08. The first-order valence-corrected chi connectivity index (χ1v) is 6.11. The third-order valence-corrected chi connectivity index (χ3v) is 2.79. The van der Waals surface area contributed by atoms with E-state index in [1.807, 2.05) is 0 Å². The number of phenols is 1. The molecule has 0 saturated heterocycles. The fourth-order valence-corrected chi connectivity index (χ4v) is 1.59. The minimum absolute atomic E-state index is 0.0480. The van der Waals surface area contributed by atoms with Gasteiger partial charge >= 0.3 is 0 Å². The van der Waals surface area contributed by atoms with Gasteiger partial charge in [-0.2, -0.15) is 9.97 Å². The van der Waals surface area contributed by atoms with Crippen molar-refractivity contribution in [3.63, 3.8) is 0 Å². The number of carbonyl (C=O) groups excluding carboxylic acids is 1. The minimum atomic E-state index is -0.444. The van der Waals surface area contributed by atoms with E-state index in [-0.39, 0.29) is 23.5 Å². The lowest BCUT2D eigenvalue weighted by molar-refractivity contribution is 0.102. The number of benzene rings is 1. The number of anilines is 1. The van der Waals surface area contributed by atoms with Gasteiger partial charge in [0, 0.05) is 5.56 Å². The molecule has 0 aliphatic carbocycles. The van der Waals surface area contributed by atoms with Crippen molar-refractivity contribution in [3.8, 4) is 17.5 Å². The van der Waals surface area contributed by atoms with Crippen LogP contribution in [-0.2, 0) is 0 Å². The van der Waals surface area contributed by atoms with Crippen molar-refractivity contribution in [2.75, 3.05) is 19.5 Å². The maximum atomic E-state index is 12.1. The number of carbonyl (C=O) groups is 1. The molecular weight excluding hydrogens is 274 g/mol. The van der Waals surface area contributed by atoms with E-state index in [1.165, 1.54) is 26.4 Å². The number of ether oxygens (including phenoxy) is 2. The number of hydrogen-bond donors (Lipinski definition) is 2. The van der Waals surface area contributed by atoms with Gasteiger partial charge in [-0.05, 0) is 24.6 Å². The molecule has 1 amide bonds. The molecular formula is C14H15N3O4. The summed E-state index contributed by atoms with van der Waals surface area (Å²) in [5, 5.41) is 12.2. The zero-order valence-corrected chi connectivity index (χ0v) is 11.9. The fraction of sp³-hybridized carbons (Fsp3) is 0.214. The second-order valence-electron chi connectivity index (χ2n) is 4.23. The molecule has 110 valence electrons. The van der Waals surface area contributed by atoms with Crippen LogP contribution in [0.3, 0.4) is 0 Å². The smallest absolute Gasteiger partial charge is 0.258 e. The highest BCUT2D eigenvalue weighted by atomic mass is 16.5. The van der Waals surface area contributed by atoms with Crippen LogP contribution in [0.15, 0.2) is 24.3 Å². The molecule has 2 aromatic rings. The monoisotopic (exact) mass is 289 g/mol. The van der Waals surface area contributed by atoms with Crippen molar-refractivity contribution >= 4 is 11.9 Å². The van der Waals surface area contributed by atoms with E-state index >= 15 is 0 Å². The van der Waals surface area contributed by atoms with E-state index < -0.39 is 5.91 Å². The molecule has 0 bridgehead atoms. The van der Waals surface area contributed by atoms with E-state index in [4.69, 9.17) is 9.47 Å². The van der Waals surface area contributed by atoms with Gasteiger partial charge in [0.1, 0.15) is 5.75 Å². The maximum absolute atomic E-state index is 12.1. The van der Waals surface area contributed by atoms with E-state index in [9.17, 15) is 9.90 Å². The number of phenolic OH excluding ortho intramolecular Hbond substituents is 1. The van der Waals surface area contributed by atoms with Crippen molar-refractivity contribution < 1.29 is 19.4 Å². The number of hydrogen-bond acceptors (Lipinski definition) is 6. The van der Waals surface area contributed by atoms with Gasteiger partial charge in [0.05, 0.1) is 20.3 Å². The molecule has 21 heavy (non-hydrogen) atoms. The first-order chi connectivity index (χ1) is 10.0. The average molecular weight is 289 g/mol. The summed E-state index contributed by atoms with van der Waals surface area (Å²) >= 11 is 0. The highest BCUT2D eigenvalue weighted by Crippen LogP contribution is 2.20. The summed E-state index contributed by atoms with van der Waals surface area (Å²) in [6.07, 6.45) is 0. The predicted octanol–water partition coefficient (Wildman–Crippen LogP) is 1.76. The van der Waals surface area contributed by atoms with Gasteiger partial charge < -0.3 is 14.6 Å². The zero-order valence-electron chi connectivity index (χ0n) is 11.9. The van der Waals surface area contributed by atoms with Crippen LogP contribution in [0.4, 0.5) is 5.95 Å². The lowest BCUT2D eigenvalue weighted by atomic mass is 10.1. The Kier molecular flexibility index (Phi) is 4.22. The third kappa shape index (κ3) is 3.38. The SMILES string of the molecule is COc1cc(OC)nc(NC(=O)c2ccc(C)c(O)c2)n1. The zero-order chi connectivity index (χ0) is 15.4. The van der Waals surface area contributed by atoms with Gasteiger partial charge in [0.15, 0.2) is 0 Å². The van der Waals surface area contributed by atoms with Crippen molar-refractivity contribution in [3.05, 3.63) is 35.4 Å². The standard InChI is InChI=1S/C14H15N3O4/c1-8-4-5-9(6-10(8)18)13(19)17-14-15-11(20-2)7-12(16-14)21-3/h4-7,18H,1-3H3,(H,15,16,17,19). The summed E-state index contributed by atoms with van der Waals surface area (Å²) in [7, 11) is 2.90. The highest BCUT2D eigenvalue weighted by Gasteiger charge is 2.12. The molecule has 2 N–H and O–H groups in total. The summed E-state index contributed by atoms with van der Waals surface area (Å²) in [5.74, 6) is 0.191. The summed E-state index contributed by atoms with van der Waals surface area (Å²) in [6.45, 7) is 1.74. The summed E-state index contributed by atoms with van der Waals surface area (Å²) in [4.78, 5) is 20.1. The quantitative estimate of drug-likeness (QED) is 0.890. The van der Waals surface area contributed by atoms with E-state index in [0.717, 1.165) is 0 Å². The number of nitrogens with one attached hydrogen (secondary N) is 1. The van der Waals surface area contributed by atoms with Gasteiger partial charge in [-0.25, -0.2) is 0 Å². The molecule has 0 spiro atoms. The molecule has 0 aliphatic heterocycles. The molecule has 0 radical (unpaired) electrons. The Balaban J connectivity index is 2.24. The number of aryl methyl sites for hydroxylation is 1. The van der Waals surface area contributed by atoms with Crippen LogP contribution >= 0.6 is 0 Å². The van der Waals surface area contributed by atoms with Crippen LogP contribution in [0.1, 0.15) is 15.9 Å². The van der Waals surface area contributed by atoms with E-state index in [1.54, 1.807) is 19.1 Å². The number of nitrogens with zero attached hydrogens (tertiary/aromatic N) is 2.